The fraction of sp³-hybridized carbons (Fsp3) is 0.417. The van der Waals surface area contributed by atoms with E-state index in [2.05, 4.69) is 17.9 Å². The molecule has 4 heteroatoms. The van der Waals surface area contributed by atoms with Gasteiger partial charge in [0.05, 0.1) is 24.2 Å². The second-order valence-corrected chi connectivity index (χ2v) is 4.10. The number of hydrogen-bond acceptors (Lipinski definition) is 4. The van der Waals surface area contributed by atoms with Gasteiger partial charge in [-0.1, -0.05) is 0 Å². The number of nitriles is 1. The van der Waals surface area contributed by atoms with Crippen LogP contribution in [-0.2, 0) is 0 Å². The van der Waals surface area contributed by atoms with E-state index in [1.54, 1.807) is 0 Å². The highest BCUT2D eigenvalue weighted by Crippen LogP contribution is 2.37. The minimum atomic E-state index is -0.0932. The molecular formula is C12H15N3O. The Balaban J connectivity index is 2.37. The topological polar surface area (TPSA) is 62.3 Å². The Morgan fingerprint density at radius 2 is 2.31 bits per heavy atom. The van der Waals surface area contributed by atoms with Gasteiger partial charge in [0.1, 0.15) is 11.9 Å². The van der Waals surface area contributed by atoms with E-state index < -0.39 is 0 Å². The molecule has 0 radical (unpaired) electrons. The molecule has 2 N–H and O–H groups in total. The number of hydrogen-bond donors (Lipinski definition) is 1. The summed E-state index contributed by atoms with van der Waals surface area (Å²) in [5, 5.41) is 8.75. The monoisotopic (exact) mass is 217 g/mol. The molecule has 0 aliphatic carbocycles. The fourth-order valence-corrected chi connectivity index (χ4v) is 1.95. The second-order valence-electron chi connectivity index (χ2n) is 4.10. The Kier molecular flexibility index (Phi) is 2.61. The summed E-state index contributed by atoms with van der Waals surface area (Å²) in [5.74, 6) is 0.765. The van der Waals surface area contributed by atoms with E-state index in [-0.39, 0.29) is 12.1 Å². The normalized spacial score (nSPS) is 23.2. The molecule has 1 aromatic rings. The maximum absolute atomic E-state index is 8.75. The van der Waals surface area contributed by atoms with Gasteiger partial charge >= 0.3 is 0 Å². The van der Waals surface area contributed by atoms with Crippen LogP contribution < -0.4 is 15.4 Å². The van der Waals surface area contributed by atoms with Gasteiger partial charge in [0.2, 0.25) is 0 Å². The first-order valence-corrected chi connectivity index (χ1v) is 5.29. The van der Waals surface area contributed by atoms with Crippen molar-refractivity contribution < 1.29 is 4.74 Å². The third-order valence-electron chi connectivity index (χ3n) is 3.08. The van der Waals surface area contributed by atoms with Gasteiger partial charge in [-0.3, -0.25) is 0 Å². The third kappa shape index (κ3) is 1.65. The lowest BCUT2D eigenvalue weighted by atomic mass is 10.0. The largest absolute Gasteiger partial charge is 0.485 e. The van der Waals surface area contributed by atoms with Crippen molar-refractivity contribution in [3.63, 3.8) is 0 Å². The van der Waals surface area contributed by atoms with E-state index in [1.165, 1.54) is 0 Å². The fourth-order valence-electron chi connectivity index (χ4n) is 1.95. The molecule has 84 valence electrons. The van der Waals surface area contributed by atoms with Gasteiger partial charge in [-0.15, -0.1) is 0 Å². The SMILES string of the molecule is CC1C(CC#N)Oc2cc(N)ccc2N1C. The van der Waals surface area contributed by atoms with Gasteiger partial charge in [-0.05, 0) is 19.1 Å². The Morgan fingerprint density at radius 3 is 3.00 bits per heavy atom. The van der Waals surface area contributed by atoms with Gasteiger partial charge in [0, 0.05) is 18.8 Å². The number of nitrogens with two attached hydrogens (primary N) is 1. The number of likely N-dealkylation sites (N-methyl/N-ethyl adjacent to an activating group) is 1. The average Bonchev–Trinajstić information content (AvgIpc) is 2.25. The van der Waals surface area contributed by atoms with E-state index >= 15 is 0 Å². The Bertz CT molecular complexity index is 438. The van der Waals surface area contributed by atoms with E-state index in [1.807, 2.05) is 25.2 Å². The highest BCUT2D eigenvalue weighted by molar-refractivity contribution is 5.65. The molecule has 2 atom stereocenters. The molecule has 0 spiro atoms. The first kappa shape index (κ1) is 10.6. The number of nitrogens with zero attached hydrogens (tertiary/aromatic N) is 2. The summed E-state index contributed by atoms with van der Waals surface area (Å²) in [6.45, 7) is 2.06. The highest BCUT2D eigenvalue weighted by atomic mass is 16.5. The zero-order valence-corrected chi connectivity index (χ0v) is 9.47. The minimum Gasteiger partial charge on any atom is -0.485 e. The van der Waals surface area contributed by atoms with Crippen LogP contribution in [0.4, 0.5) is 11.4 Å². The highest BCUT2D eigenvalue weighted by Gasteiger charge is 2.30. The van der Waals surface area contributed by atoms with Crippen LogP contribution in [0.1, 0.15) is 13.3 Å². The number of nitrogen functional groups attached to an aromatic ring is 1. The van der Waals surface area contributed by atoms with Gasteiger partial charge in [0.25, 0.3) is 0 Å². The molecule has 0 aromatic heterocycles. The van der Waals surface area contributed by atoms with Gasteiger partial charge in [0.15, 0.2) is 0 Å². The lowest BCUT2D eigenvalue weighted by Crippen LogP contribution is -2.45. The van der Waals surface area contributed by atoms with Crippen LogP contribution in [0.2, 0.25) is 0 Å². The maximum Gasteiger partial charge on any atom is 0.145 e. The number of anilines is 2. The maximum atomic E-state index is 8.75. The second kappa shape index (κ2) is 3.93. The summed E-state index contributed by atoms with van der Waals surface area (Å²) < 4.78 is 5.79. The smallest absolute Gasteiger partial charge is 0.145 e. The van der Waals surface area contributed by atoms with Crippen molar-refractivity contribution >= 4 is 11.4 Å². The van der Waals surface area contributed by atoms with Crippen molar-refractivity contribution in [1.82, 2.24) is 0 Å². The standard InChI is InChI=1S/C12H15N3O/c1-8-11(5-6-13)16-12-7-9(14)3-4-10(12)15(8)2/h3-4,7-8,11H,5,14H2,1-2H3. The quantitative estimate of drug-likeness (QED) is 0.728. The summed E-state index contributed by atoms with van der Waals surface area (Å²) in [6.07, 6.45) is 0.295. The zero-order valence-electron chi connectivity index (χ0n) is 9.47. The molecule has 1 aliphatic heterocycles. The van der Waals surface area contributed by atoms with Crippen molar-refractivity contribution in [2.75, 3.05) is 17.7 Å². The molecule has 1 aromatic carbocycles. The molecule has 0 fully saturated rings. The molecule has 2 unspecified atom stereocenters. The predicted molar refractivity (Wildman–Crippen MR) is 63.4 cm³/mol. The number of benzene rings is 1. The third-order valence-corrected chi connectivity index (χ3v) is 3.08. The molecule has 1 aliphatic rings. The van der Waals surface area contributed by atoms with E-state index in [0.29, 0.717) is 12.1 Å². The Labute approximate surface area is 95.2 Å². The molecule has 2 rings (SSSR count). The first-order chi connectivity index (χ1) is 7.63. The van der Waals surface area contributed by atoms with Crippen molar-refractivity contribution in [1.29, 1.82) is 5.26 Å². The van der Waals surface area contributed by atoms with Crippen LogP contribution in [0, 0.1) is 11.3 Å². The number of ether oxygens (including phenoxy) is 1. The van der Waals surface area contributed by atoms with Gasteiger partial charge in [-0.2, -0.15) is 5.26 Å². The minimum absolute atomic E-state index is 0.0932. The lowest BCUT2D eigenvalue weighted by molar-refractivity contribution is 0.165. The van der Waals surface area contributed by atoms with Crippen molar-refractivity contribution in [3.05, 3.63) is 18.2 Å². The summed E-state index contributed by atoms with van der Waals surface area (Å²) in [4.78, 5) is 2.13. The first-order valence-electron chi connectivity index (χ1n) is 5.29. The average molecular weight is 217 g/mol. The lowest BCUT2D eigenvalue weighted by Gasteiger charge is -2.39. The van der Waals surface area contributed by atoms with Crippen LogP contribution in [0.25, 0.3) is 0 Å². The van der Waals surface area contributed by atoms with Crippen LogP contribution in [0.3, 0.4) is 0 Å². The van der Waals surface area contributed by atoms with E-state index in [4.69, 9.17) is 15.7 Å². The summed E-state index contributed by atoms with van der Waals surface area (Å²) in [7, 11) is 2.01. The van der Waals surface area contributed by atoms with Crippen molar-refractivity contribution in [3.8, 4) is 11.8 Å². The Morgan fingerprint density at radius 1 is 1.56 bits per heavy atom. The predicted octanol–water partition coefficient (Wildman–Crippen LogP) is 1.77. The number of fused-ring (bicyclic) bond motifs is 1. The summed E-state index contributed by atoms with van der Waals surface area (Å²) in [5.41, 5.74) is 7.42. The van der Waals surface area contributed by atoms with Crippen LogP contribution in [0.15, 0.2) is 18.2 Å². The van der Waals surface area contributed by atoms with Crippen molar-refractivity contribution in [2.45, 2.75) is 25.5 Å². The Hall–Kier alpha value is -1.89. The molecule has 0 saturated carbocycles. The van der Waals surface area contributed by atoms with E-state index in [0.717, 1.165) is 11.4 Å². The van der Waals surface area contributed by atoms with E-state index in [9.17, 15) is 0 Å². The van der Waals surface area contributed by atoms with Crippen LogP contribution >= 0.6 is 0 Å². The molecule has 0 saturated heterocycles. The summed E-state index contributed by atoms with van der Waals surface area (Å²) >= 11 is 0. The van der Waals surface area contributed by atoms with Crippen LogP contribution in [-0.4, -0.2) is 19.2 Å². The molecular weight excluding hydrogens is 202 g/mol. The molecule has 1 heterocycles. The molecule has 0 amide bonds. The van der Waals surface area contributed by atoms with Crippen molar-refractivity contribution in [2.24, 2.45) is 0 Å². The molecule has 0 bridgehead atoms. The molecule has 16 heavy (non-hydrogen) atoms. The van der Waals surface area contributed by atoms with Gasteiger partial charge < -0.3 is 15.4 Å². The zero-order chi connectivity index (χ0) is 11.7. The summed E-state index contributed by atoms with van der Waals surface area (Å²) in [6, 6.07) is 7.95. The molecule has 4 nitrogen and oxygen atoms in total. The number of rotatable bonds is 1. The van der Waals surface area contributed by atoms with Gasteiger partial charge in [-0.25, -0.2) is 0 Å². The van der Waals surface area contributed by atoms with Crippen LogP contribution in [0.5, 0.6) is 5.75 Å².